The minimum Gasteiger partial charge on any atom is -0.397 e. The molecule has 0 bridgehead atoms. The van der Waals surface area contributed by atoms with Gasteiger partial charge in [-0.25, -0.2) is 9.37 Å². The van der Waals surface area contributed by atoms with Gasteiger partial charge >= 0.3 is 0 Å². The Balaban J connectivity index is 1.68. The van der Waals surface area contributed by atoms with E-state index in [-0.39, 0.29) is 5.82 Å². The second-order valence-electron chi connectivity index (χ2n) is 5.02. The number of benzene rings is 1. The molecule has 2 N–H and O–H groups in total. The summed E-state index contributed by atoms with van der Waals surface area (Å²) in [5.41, 5.74) is 7.42. The molecule has 4 nitrogen and oxygen atoms in total. The van der Waals surface area contributed by atoms with Crippen molar-refractivity contribution in [2.24, 2.45) is 0 Å². The zero-order valence-electron chi connectivity index (χ0n) is 11.5. The number of nitrogens with two attached hydrogens (primary N) is 1. The fourth-order valence-corrected chi connectivity index (χ4v) is 3.12. The van der Waals surface area contributed by atoms with Gasteiger partial charge in [-0.05, 0) is 46.3 Å². The first kappa shape index (κ1) is 14.1. The van der Waals surface area contributed by atoms with Crippen LogP contribution in [0.25, 0.3) is 0 Å². The SMILES string of the molecule is Nc1cnc(N2CCN(c3ccc(F)cc3)CC2)c(Br)c1. The molecule has 21 heavy (non-hydrogen) atoms. The van der Waals surface area contributed by atoms with Crippen molar-refractivity contribution in [1.29, 1.82) is 0 Å². The molecule has 0 unspecified atom stereocenters. The third-order valence-corrected chi connectivity index (χ3v) is 4.20. The van der Waals surface area contributed by atoms with Crippen LogP contribution >= 0.6 is 15.9 Å². The summed E-state index contributed by atoms with van der Waals surface area (Å²) in [5, 5.41) is 0. The van der Waals surface area contributed by atoms with E-state index in [2.05, 4.69) is 30.7 Å². The molecular weight excluding hydrogens is 335 g/mol. The van der Waals surface area contributed by atoms with E-state index in [1.807, 2.05) is 18.2 Å². The summed E-state index contributed by atoms with van der Waals surface area (Å²) in [5.74, 6) is 0.718. The first-order chi connectivity index (χ1) is 10.1. The molecule has 0 saturated carbocycles. The Morgan fingerprint density at radius 2 is 1.67 bits per heavy atom. The van der Waals surface area contributed by atoms with Gasteiger partial charge in [0.05, 0.1) is 16.4 Å². The predicted molar refractivity (Wildman–Crippen MR) is 87.2 cm³/mol. The highest BCUT2D eigenvalue weighted by Gasteiger charge is 2.20. The zero-order valence-corrected chi connectivity index (χ0v) is 13.1. The fraction of sp³-hybridized carbons (Fsp3) is 0.267. The number of aromatic nitrogens is 1. The molecule has 1 fully saturated rings. The van der Waals surface area contributed by atoms with Crippen molar-refractivity contribution in [3.05, 3.63) is 46.8 Å². The maximum atomic E-state index is 13.0. The summed E-state index contributed by atoms with van der Waals surface area (Å²) < 4.78 is 13.9. The molecule has 1 aliphatic rings. The van der Waals surface area contributed by atoms with Crippen LogP contribution in [0.3, 0.4) is 0 Å². The third-order valence-electron chi connectivity index (χ3n) is 3.61. The number of halogens is 2. The van der Waals surface area contributed by atoms with Crippen molar-refractivity contribution in [3.63, 3.8) is 0 Å². The first-order valence-electron chi connectivity index (χ1n) is 6.80. The number of pyridine rings is 1. The van der Waals surface area contributed by atoms with E-state index in [0.29, 0.717) is 5.69 Å². The highest BCUT2D eigenvalue weighted by molar-refractivity contribution is 9.10. The Morgan fingerprint density at radius 1 is 1.05 bits per heavy atom. The lowest BCUT2D eigenvalue weighted by Gasteiger charge is -2.37. The number of anilines is 3. The monoisotopic (exact) mass is 350 g/mol. The quantitative estimate of drug-likeness (QED) is 0.904. The topological polar surface area (TPSA) is 45.4 Å². The number of piperazine rings is 1. The van der Waals surface area contributed by atoms with E-state index in [4.69, 9.17) is 5.73 Å². The lowest BCUT2D eigenvalue weighted by atomic mass is 10.2. The lowest BCUT2D eigenvalue weighted by molar-refractivity contribution is 0.624. The molecule has 0 radical (unpaired) electrons. The van der Waals surface area contributed by atoms with Crippen LogP contribution < -0.4 is 15.5 Å². The maximum absolute atomic E-state index is 13.0. The second kappa shape index (κ2) is 5.89. The summed E-state index contributed by atoms with van der Waals surface area (Å²) in [4.78, 5) is 8.87. The van der Waals surface area contributed by atoms with Crippen molar-refractivity contribution in [3.8, 4) is 0 Å². The molecule has 3 rings (SSSR count). The molecule has 1 aliphatic heterocycles. The highest BCUT2D eigenvalue weighted by Crippen LogP contribution is 2.27. The highest BCUT2D eigenvalue weighted by atomic mass is 79.9. The van der Waals surface area contributed by atoms with Crippen LogP contribution in [0.5, 0.6) is 0 Å². The average Bonchev–Trinajstić information content (AvgIpc) is 2.48. The minimum atomic E-state index is -0.201. The number of nitrogens with zero attached hydrogens (tertiary/aromatic N) is 3. The van der Waals surface area contributed by atoms with Crippen molar-refractivity contribution in [2.45, 2.75) is 0 Å². The van der Waals surface area contributed by atoms with E-state index >= 15 is 0 Å². The van der Waals surface area contributed by atoms with E-state index in [1.54, 1.807) is 6.20 Å². The molecule has 0 atom stereocenters. The van der Waals surface area contributed by atoms with Crippen molar-refractivity contribution >= 4 is 33.1 Å². The Bertz CT molecular complexity index is 624. The van der Waals surface area contributed by atoms with Gasteiger partial charge in [0.15, 0.2) is 0 Å². The van der Waals surface area contributed by atoms with Gasteiger partial charge in [0, 0.05) is 31.9 Å². The van der Waals surface area contributed by atoms with Gasteiger partial charge in [-0.3, -0.25) is 0 Å². The van der Waals surface area contributed by atoms with Gasteiger partial charge in [0.1, 0.15) is 11.6 Å². The molecule has 1 aromatic heterocycles. The molecule has 0 amide bonds. The molecule has 1 saturated heterocycles. The van der Waals surface area contributed by atoms with Crippen LogP contribution in [-0.2, 0) is 0 Å². The smallest absolute Gasteiger partial charge is 0.143 e. The van der Waals surface area contributed by atoms with Crippen LogP contribution in [-0.4, -0.2) is 31.2 Å². The van der Waals surface area contributed by atoms with Gasteiger partial charge in [0.25, 0.3) is 0 Å². The Kier molecular flexibility index (Phi) is 3.96. The number of hydrogen-bond acceptors (Lipinski definition) is 4. The lowest BCUT2D eigenvalue weighted by Crippen LogP contribution is -2.47. The predicted octanol–water partition coefficient (Wildman–Crippen LogP) is 2.89. The first-order valence-corrected chi connectivity index (χ1v) is 7.59. The van der Waals surface area contributed by atoms with Crippen molar-refractivity contribution in [2.75, 3.05) is 41.7 Å². The van der Waals surface area contributed by atoms with Crippen LogP contribution in [0.15, 0.2) is 41.0 Å². The Morgan fingerprint density at radius 3 is 2.29 bits per heavy atom. The molecule has 6 heteroatoms. The van der Waals surface area contributed by atoms with Crippen LogP contribution in [0.4, 0.5) is 21.6 Å². The molecule has 0 aliphatic carbocycles. The van der Waals surface area contributed by atoms with Crippen molar-refractivity contribution < 1.29 is 4.39 Å². The molecule has 1 aromatic carbocycles. The summed E-state index contributed by atoms with van der Waals surface area (Å²) in [6, 6.07) is 8.51. The summed E-state index contributed by atoms with van der Waals surface area (Å²) in [6.45, 7) is 3.49. The number of hydrogen-bond donors (Lipinski definition) is 1. The van der Waals surface area contributed by atoms with E-state index < -0.39 is 0 Å². The largest absolute Gasteiger partial charge is 0.397 e. The van der Waals surface area contributed by atoms with Gasteiger partial charge in [-0.2, -0.15) is 0 Å². The number of nitrogen functional groups attached to an aromatic ring is 1. The molecule has 0 spiro atoms. The minimum absolute atomic E-state index is 0.201. The summed E-state index contributed by atoms with van der Waals surface area (Å²) >= 11 is 3.51. The van der Waals surface area contributed by atoms with Crippen LogP contribution in [0.2, 0.25) is 0 Å². The normalized spacial score (nSPS) is 15.3. The zero-order chi connectivity index (χ0) is 14.8. The standard InChI is InChI=1S/C15H16BrFN4/c16-14-9-12(18)10-19-15(14)21-7-5-20(6-8-21)13-3-1-11(17)2-4-13/h1-4,9-10H,5-8,18H2. The van der Waals surface area contributed by atoms with E-state index in [0.717, 1.165) is 42.2 Å². The van der Waals surface area contributed by atoms with Gasteiger partial charge in [-0.15, -0.1) is 0 Å². The average molecular weight is 351 g/mol. The molecule has 2 aromatic rings. The Hall–Kier alpha value is -1.82. The van der Waals surface area contributed by atoms with E-state index in [9.17, 15) is 4.39 Å². The van der Waals surface area contributed by atoms with Crippen molar-refractivity contribution in [1.82, 2.24) is 4.98 Å². The second-order valence-corrected chi connectivity index (χ2v) is 5.88. The number of rotatable bonds is 2. The van der Waals surface area contributed by atoms with Gasteiger partial charge < -0.3 is 15.5 Å². The third kappa shape index (κ3) is 3.10. The molecular formula is C15H16BrFN4. The maximum Gasteiger partial charge on any atom is 0.143 e. The van der Waals surface area contributed by atoms with E-state index in [1.165, 1.54) is 12.1 Å². The fourth-order valence-electron chi connectivity index (χ4n) is 2.51. The van der Waals surface area contributed by atoms with Crippen LogP contribution in [0.1, 0.15) is 0 Å². The summed E-state index contributed by atoms with van der Waals surface area (Å²) in [6.07, 6.45) is 1.67. The van der Waals surface area contributed by atoms with Gasteiger partial charge in [-0.1, -0.05) is 0 Å². The summed E-state index contributed by atoms with van der Waals surface area (Å²) in [7, 11) is 0. The Labute approximate surface area is 131 Å². The van der Waals surface area contributed by atoms with Crippen LogP contribution in [0, 0.1) is 5.82 Å². The molecule has 110 valence electrons. The molecule has 2 heterocycles. The van der Waals surface area contributed by atoms with Gasteiger partial charge in [0.2, 0.25) is 0 Å².